The molecule has 0 bridgehead atoms. The molecule has 294 valence electrons. The first-order valence-electron chi connectivity index (χ1n) is 19.6. The Hall–Kier alpha value is -5.63. The van der Waals surface area contributed by atoms with Gasteiger partial charge in [0, 0.05) is 36.2 Å². The van der Waals surface area contributed by atoms with E-state index in [1.165, 1.54) is 25.7 Å². The van der Waals surface area contributed by atoms with Crippen molar-refractivity contribution >= 4 is 29.9 Å². The maximum absolute atomic E-state index is 14.2. The van der Waals surface area contributed by atoms with Gasteiger partial charge in [-0.3, -0.25) is 14.5 Å². The van der Waals surface area contributed by atoms with Crippen molar-refractivity contribution in [2.75, 3.05) is 44.0 Å². The molecular weight excluding hydrogens is 711 g/mol. The van der Waals surface area contributed by atoms with Crippen LogP contribution in [0.3, 0.4) is 0 Å². The maximum Gasteiger partial charge on any atom is 0.356 e. The molecular formula is C42H51N9O5. The van der Waals surface area contributed by atoms with Crippen LogP contribution >= 0.6 is 0 Å². The molecule has 1 N–H and O–H groups in total. The Balaban J connectivity index is 1.04. The highest BCUT2D eigenvalue weighted by Gasteiger charge is 2.50. The molecule has 1 spiro atoms. The first-order valence-corrected chi connectivity index (χ1v) is 19.6. The van der Waals surface area contributed by atoms with Crippen LogP contribution in [0.2, 0.25) is 0 Å². The van der Waals surface area contributed by atoms with Gasteiger partial charge in [0.2, 0.25) is 5.95 Å². The SMILES string of the molecule is CN(C)CCOc1cccc(-n2nc(C(C)(C)C)cc2NC(=O)N(OC=O)[C@H]2CC[C@@H](Oc3ccc4nnc(N5CCCCC56CC6)n4c3)c3ccccc32)c1. The number of nitrogens with zero attached hydrogens (tertiary/aromatic N) is 8. The number of hydroxylamine groups is 2. The molecule has 5 aromatic rings. The highest BCUT2D eigenvalue weighted by molar-refractivity contribution is 5.89. The summed E-state index contributed by atoms with van der Waals surface area (Å²) >= 11 is 0. The fourth-order valence-electron chi connectivity index (χ4n) is 8.00. The summed E-state index contributed by atoms with van der Waals surface area (Å²) in [5, 5.41) is 18.1. The number of hydrogen-bond acceptors (Lipinski definition) is 10. The number of urea groups is 1. The van der Waals surface area contributed by atoms with Gasteiger partial charge in [0.05, 0.1) is 23.6 Å². The molecule has 2 aromatic carbocycles. The van der Waals surface area contributed by atoms with Crippen LogP contribution in [0.15, 0.2) is 72.9 Å². The zero-order valence-electron chi connectivity index (χ0n) is 32.9. The third kappa shape index (κ3) is 7.49. The van der Waals surface area contributed by atoms with Gasteiger partial charge in [0.25, 0.3) is 0 Å². The van der Waals surface area contributed by atoms with Crippen molar-refractivity contribution < 1.29 is 23.9 Å². The van der Waals surface area contributed by atoms with Crippen LogP contribution in [-0.2, 0) is 15.0 Å². The highest BCUT2D eigenvalue weighted by atomic mass is 16.7. The molecule has 1 aliphatic heterocycles. The van der Waals surface area contributed by atoms with Gasteiger partial charge in [0.15, 0.2) is 5.65 Å². The van der Waals surface area contributed by atoms with Crippen molar-refractivity contribution in [1.29, 1.82) is 0 Å². The molecule has 2 atom stereocenters. The van der Waals surface area contributed by atoms with Crippen LogP contribution < -0.4 is 19.7 Å². The predicted octanol–water partition coefficient (Wildman–Crippen LogP) is 7.25. The molecule has 14 heteroatoms. The molecule has 2 aliphatic carbocycles. The average molecular weight is 762 g/mol. The maximum atomic E-state index is 14.2. The minimum absolute atomic E-state index is 0.220. The molecule has 2 fully saturated rings. The van der Waals surface area contributed by atoms with Crippen LogP contribution in [0, 0.1) is 0 Å². The summed E-state index contributed by atoms with van der Waals surface area (Å²) in [7, 11) is 3.99. The van der Waals surface area contributed by atoms with Crippen LogP contribution in [0.1, 0.15) is 94.7 Å². The fourth-order valence-corrected chi connectivity index (χ4v) is 8.00. The van der Waals surface area contributed by atoms with E-state index >= 15 is 0 Å². The van der Waals surface area contributed by atoms with Gasteiger partial charge in [-0.1, -0.05) is 51.1 Å². The molecule has 8 rings (SSSR count). The second-order valence-corrected chi connectivity index (χ2v) is 16.4. The molecule has 14 nitrogen and oxygen atoms in total. The van der Waals surface area contributed by atoms with E-state index in [-0.39, 0.29) is 23.5 Å². The third-order valence-electron chi connectivity index (χ3n) is 11.2. The lowest BCUT2D eigenvalue weighted by molar-refractivity contribution is -0.169. The summed E-state index contributed by atoms with van der Waals surface area (Å²) in [6, 6.07) is 20.0. The summed E-state index contributed by atoms with van der Waals surface area (Å²) in [5.74, 6) is 2.69. The van der Waals surface area contributed by atoms with E-state index in [2.05, 4.69) is 46.1 Å². The first kappa shape index (κ1) is 37.3. The third-order valence-corrected chi connectivity index (χ3v) is 11.2. The van der Waals surface area contributed by atoms with Crippen molar-refractivity contribution in [2.24, 2.45) is 0 Å². The smallest absolute Gasteiger partial charge is 0.356 e. The van der Waals surface area contributed by atoms with E-state index in [9.17, 15) is 9.59 Å². The number of carbonyl (C=O) groups excluding carboxylic acids is 2. The zero-order valence-corrected chi connectivity index (χ0v) is 32.9. The minimum Gasteiger partial charge on any atom is -0.492 e. The Labute approximate surface area is 327 Å². The molecule has 3 aliphatic rings. The van der Waals surface area contributed by atoms with Crippen molar-refractivity contribution in [3.8, 4) is 17.2 Å². The second-order valence-electron chi connectivity index (χ2n) is 16.4. The highest BCUT2D eigenvalue weighted by Crippen LogP contribution is 2.50. The Morgan fingerprint density at radius 3 is 2.55 bits per heavy atom. The number of anilines is 2. The number of carbonyl (C=O) groups is 2. The Morgan fingerprint density at radius 1 is 0.964 bits per heavy atom. The molecule has 3 aromatic heterocycles. The van der Waals surface area contributed by atoms with Crippen molar-refractivity contribution in [3.63, 3.8) is 0 Å². The van der Waals surface area contributed by atoms with Gasteiger partial charge in [-0.25, -0.2) is 9.48 Å². The largest absolute Gasteiger partial charge is 0.492 e. The Bertz CT molecular complexity index is 2200. The number of fused-ring (bicyclic) bond motifs is 2. The summed E-state index contributed by atoms with van der Waals surface area (Å²) in [4.78, 5) is 36.2. The monoisotopic (exact) mass is 761 g/mol. The molecule has 0 unspecified atom stereocenters. The lowest BCUT2D eigenvalue weighted by Crippen LogP contribution is -2.42. The Kier molecular flexibility index (Phi) is 10.1. The van der Waals surface area contributed by atoms with Gasteiger partial charge in [0.1, 0.15) is 30.0 Å². The van der Waals surface area contributed by atoms with Crippen LogP contribution in [-0.4, -0.2) is 86.2 Å². The molecule has 2 amide bonds. The lowest BCUT2D eigenvalue weighted by Gasteiger charge is -2.36. The van der Waals surface area contributed by atoms with Gasteiger partial charge in [-0.15, -0.1) is 15.3 Å². The number of aromatic nitrogens is 5. The number of amides is 2. The number of likely N-dealkylation sites (N-methyl/N-ethyl adjacent to an activating group) is 1. The number of nitrogens with one attached hydrogen (secondary N) is 1. The van der Waals surface area contributed by atoms with Gasteiger partial charge in [-0.2, -0.15) is 5.10 Å². The van der Waals surface area contributed by atoms with E-state index in [1.807, 2.05) is 91.4 Å². The fraction of sp³-hybridized carbons (Fsp3) is 0.452. The molecule has 0 radical (unpaired) electrons. The van der Waals surface area contributed by atoms with Crippen molar-refractivity contribution in [1.82, 2.24) is 34.3 Å². The van der Waals surface area contributed by atoms with E-state index < -0.39 is 12.1 Å². The van der Waals surface area contributed by atoms with Crippen LogP contribution in [0.5, 0.6) is 11.5 Å². The van der Waals surface area contributed by atoms with Crippen LogP contribution in [0.4, 0.5) is 16.6 Å². The number of rotatable bonds is 12. The quantitative estimate of drug-likeness (QED) is 0.102. The average Bonchev–Trinajstić information content (AvgIpc) is 3.60. The Morgan fingerprint density at radius 2 is 1.79 bits per heavy atom. The molecule has 56 heavy (non-hydrogen) atoms. The van der Waals surface area contributed by atoms with E-state index in [0.717, 1.165) is 53.0 Å². The number of ether oxygens (including phenoxy) is 2. The van der Waals surface area contributed by atoms with E-state index in [1.54, 1.807) is 4.68 Å². The number of benzene rings is 2. The summed E-state index contributed by atoms with van der Waals surface area (Å²) in [6.07, 6.45) is 8.74. The second kappa shape index (κ2) is 15.1. The minimum atomic E-state index is -0.604. The number of piperidine rings is 1. The van der Waals surface area contributed by atoms with Crippen LogP contribution in [0.25, 0.3) is 11.3 Å². The molecule has 4 heterocycles. The standard InChI is InChI=1S/C42H51N9O5/c1-41(2,3)36-26-38(50(46-36)29-11-10-12-30(25-29)54-24-23-47(4)5)43-40(53)51(55-28-52)34-16-17-35(33-14-7-6-13-32(33)34)56-31-15-18-37-44-45-39(48(37)27-31)49-22-9-8-19-42(49)20-21-42/h6-7,10-15,18,25-28,34-35H,8-9,16-17,19-24H2,1-5H3,(H,43,53)/t34-,35+/m0/s1. The summed E-state index contributed by atoms with van der Waals surface area (Å²) in [5.41, 5.74) is 3.93. The van der Waals surface area contributed by atoms with E-state index in [4.69, 9.17) is 19.4 Å². The van der Waals surface area contributed by atoms with Gasteiger partial charge >= 0.3 is 12.5 Å². The van der Waals surface area contributed by atoms with Crippen molar-refractivity contribution in [3.05, 3.63) is 89.7 Å². The normalized spacial score (nSPS) is 18.8. The van der Waals surface area contributed by atoms with Crippen molar-refractivity contribution in [2.45, 2.75) is 88.8 Å². The molecule has 1 saturated heterocycles. The summed E-state index contributed by atoms with van der Waals surface area (Å²) < 4.78 is 16.4. The topological polar surface area (TPSA) is 132 Å². The number of pyridine rings is 1. The predicted molar refractivity (Wildman–Crippen MR) is 212 cm³/mol. The summed E-state index contributed by atoms with van der Waals surface area (Å²) in [6.45, 7) is 8.75. The van der Waals surface area contributed by atoms with Gasteiger partial charge in [-0.05, 0) is 94.4 Å². The van der Waals surface area contributed by atoms with E-state index in [0.29, 0.717) is 42.5 Å². The number of hydrogen-bond donors (Lipinski definition) is 1. The molecule has 1 saturated carbocycles. The first-order chi connectivity index (χ1) is 27.0. The zero-order chi connectivity index (χ0) is 39.0. The lowest BCUT2D eigenvalue weighted by atomic mass is 9.85. The van der Waals surface area contributed by atoms with Gasteiger partial charge < -0.3 is 24.1 Å².